The van der Waals surface area contributed by atoms with Crippen LogP contribution in [0.5, 0.6) is 5.75 Å². The van der Waals surface area contributed by atoms with Crippen LogP contribution < -0.4 is 4.74 Å². The molecule has 3 heterocycles. The molecule has 3 aromatic rings. The van der Waals surface area contributed by atoms with Gasteiger partial charge in [0.05, 0.1) is 41.0 Å². The maximum absolute atomic E-state index is 13.2. The molecule has 4 rings (SSSR count). The van der Waals surface area contributed by atoms with Gasteiger partial charge in [-0.15, -0.1) is 0 Å². The van der Waals surface area contributed by atoms with Gasteiger partial charge in [-0.1, -0.05) is 30.7 Å². The van der Waals surface area contributed by atoms with Gasteiger partial charge in [0.25, 0.3) is 5.91 Å². The van der Waals surface area contributed by atoms with Crippen LogP contribution in [-0.4, -0.2) is 33.4 Å². The van der Waals surface area contributed by atoms with Gasteiger partial charge in [0.2, 0.25) is 0 Å². The molecule has 29 heavy (non-hydrogen) atoms. The van der Waals surface area contributed by atoms with Crippen molar-refractivity contribution in [1.29, 1.82) is 0 Å². The molecule has 6 nitrogen and oxygen atoms in total. The van der Waals surface area contributed by atoms with Crippen LogP contribution in [0.2, 0.25) is 5.02 Å². The quantitative estimate of drug-likeness (QED) is 0.629. The molecule has 7 heteroatoms. The molecule has 2 aromatic heterocycles. The van der Waals surface area contributed by atoms with Crippen molar-refractivity contribution >= 4 is 28.7 Å². The van der Waals surface area contributed by atoms with E-state index in [9.17, 15) is 4.79 Å². The molecule has 0 spiro atoms. The van der Waals surface area contributed by atoms with Crippen molar-refractivity contribution in [1.82, 2.24) is 14.6 Å². The lowest BCUT2D eigenvalue weighted by Gasteiger charge is -2.20. The Kier molecular flexibility index (Phi) is 4.82. The number of nitrogens with zero attached hydrogens (tertiary/aromatic N) is 4. The SMILES string of the molecule is CCc1nn2cc(Cl)ccc2c1C1=NN(Cc2cccc(OC)c2)C(=O)C1(C)C. The number of hydrazone groups is 1. The van der Waals surface area contributed by atoms with Crippen LogP contribution in [0.1, 0.15) is 37.6 Å². The number of amides is 1. The smallest absolute Gasteiger partial charge is 0.254 e. The molecule has 0 N–H and O–H groups in total. The fourth-order valence-corrected chi connectivity index (χ4v) is 3.86. The van der Waals surface area contributed by atoms with Crippen molar-refractivity contribution in [2.75, 3.05) is 7.11 Å². The van der Waals surface area contributed by atoms with Gasteiger partial charge < -0.3 is 4.74 Å². The monoisotopic (exact) mass is 410 g/mol. The lowest BCUT2D eigenvalue weighted by molar-refractivity contribution is -0.135. The van der Waals surface area contributed by atoms with Crippen LogP contribution in [0.4, 0.5) is 0 Å². The Morgan fingerprint density at radius 1 is 1.21 bits per heavy atom. The maximum atomic E-state index is 13.2. The van der Waals surface area contributed by atoms with E-state index in [2.05, 4.69) is 5.10 Å². The number of fused-ring (bicyclic) bond motifs is 1. The van der Waals surface area contributed by atoms with E-state index in [0.29, 0.717) is 11.6 Å². The number of carbonyl (C=O) groups excluding carboxylic acids is 1. The molecule has 1 aliphatic heterocycles. The van der Waals surface area contributed by atoms with E-state index in [-0.39, 0.29) is 5.91 Å². The van der Waals surface area contributed by atoms with Crippen molar-refractivity contribution in [3.63, 3.8) is 0 Å². The van der Waals surface area contributed by atoms with Crippen molar-refractivity contribution in [3.05, 3.63) is 64.4 Å². The highest BCUT2D eigenvalue weighted by Crippen LogP contribution is 2.36. The third kappa shape index (κ3) is 3.27. The molecule has 0 radical (unpaired) electrons. The second-order valence-electron chi connectivity index (χ2n) is 7.64. The number of ether oxygens (including phenoxy) is 1. The largest absolute Gasteiger partial charge is 0.497 e. The predicted octanol–water partition coefficient (Wildman–Crippen LogP) is 4.33. The fourth-order valence-electron chi connectivity index (χ4n) is 3.71. The van der Waals surface area contributed by atoms with Gasteiger partial charge in [-0.05, 0) is 50.1 Å². The van der Waals surface area contributed by atoms with Crippen molar-refractivity contribution in [2.45, 2.75) is 33.7 Å². The summed E-state index contributed by atoms with van der Waals surface area (Å²) in [7, 11) is 1.63. The fraction of sp³-hybridized carbons (Fsp3) is 0.318. The van der Waals surface area contributed by atoms with E-state index in [1.807, 2.05) is 57.2 Å². The number of hydrogen-bond acceptors (Lipinski definition) is 4. The Hall–Kier alpha value is -2.86. The zero-order chi connectivity index (χ0) is 20.8. The van der Waals surface area contributed by atoms with Gasteiger partial charge in [-0.3, -0.25) is 4.79 Å². The first-order valence-electron chi connectivity index (χ1n) is 9.56. The van der Waals surface area contributed by atoms with Crippen LogP contribution in [0, 0.1) is 5.41 Å². The highest BCUT2D eigenvalue weighted by molar-refractivity contribution is 6.30. The highest BCUT2D eigenvalue weighted by atomic mass is 35.5. The second-order valence-corrected chi connectivity index (χ2v) is 8.08. The number of hydrogen-bond donors (Lipinski definition) is 0. The Morgan fingerprint density at radius 3 is 2.72 bits per heavy atom. The third-order valence-electron chi connectivity index (χ3n) is 5.29. The van der Waals surface area contributed by atoms with E-state index >= 15 is 0 Å². The van der Waals surface area contributed by atoms with Crippen molar-refractivity contribution in [2.24, 2.45) is 10.5 Å². The number of rotatable bonds is 5. The maximum Gasteiger partial charge on any atom is 0.254 e. The first-order valence-corrected chi connectivity index (χ1v) is 9.94. The summed E-state index contributed by atoms with van der Waals surface area (Å²) in [6, 6.07) is 11.4. The standard InChI is InChI=1S/C22H23ClN4O2/c1-5-17-19(18-10-9-15(23)13-26(18)24-17)20-22(2,3)21(28)27(25-20)12-14-7-6-8-16(11-14)29-4/h6-11,13H,5,12H2,1-4H3. The van der Waals surface area contributed by atoms with Gasteiger partial charge in [-0.25, -0.2) is 9.52 Å². The molecule has 0 saturated heterocycles. The van der Waals surface area contributed by atoms with Crippen molar-refractivity contribution < 1.29 is 9.53 Å². The van der Waals surface area contributed by atoms with Gasteiger partial charge >= 0.3 is 0 Å². The Morgan fingerprint density at radius 2 is 2.00 bits per heavy atom. The molecule has 150 valence electrons. The Balaban J connectivity index is 1.79. The summed E-state index contributed by atoms with van der Waals surface area (Å²) in [6.45, 7) is 6.26. The van der Waals surface area contributed by atoms with Gasteiger partial charge in [-0.2, -0.15) is 10.2 Å². The van der Waals surface area contributed by atoms with Crippen LogP contribution in [0.15, 0.2) is 47.7 Å². The summed E-state index contributed by atoms with van der Waals surface area (Å²) < 4.78 is 7.06. The minimum Gasteiger partial charge on any atom is -0.497 e. The van der Waals surface area contributed by atoms with Crippen LogP contribution in [0.3, 0.4) is 0 Å². The average molecular weight is 411 g/mol. The molecule has 1 aliphatic rings. The van der Waals surface area contributed by atoms with Gasteiger partial charge in [0.1, 0.15) is 5.75 Å². The van der Waals surface area contributed by atoms with Gasteiger partial charge in [0, 0.05) is 11.8 Å². The van der Waals surface area contributed by atoms with E-state index in [0.717, 1.165) is 40.2 Å². The number of methoxy groups -OCH3 is 1. The van der Waals surface area contributed by atoms with Gasteiger partial charge in [0.15, 0.2) is 0 Å². The number of pyridine rings is 1. The van der Waals surface area contributed by atoms with E-state index in [1.54, 1.807) is 22.8 Å². The highest BCUT2D eigenvalue weighted by Gasteiger charge is 2.45. The minimum atomic E-state index is -0.758. The number of aryl methyl sites for hydroxylation is 1. The van der Waals surface area contributed by atoms with E-state index < -0.39 is 5.41 Å². The average Bonchev–Trinajstić information content (AvgIpc) is 3.16. The molecule has 0 atom stereocenters. The van der Waals surface area contributed by atoms with E-state index in [1.165, 1.54) is 0 Å². The predicted molar refractivity (Wildman–Crippen MR) is 113 cm³/mol. The molecule has 0 fully saturated rings. The number of aromatic nitrogens is 2. The summed E-state index contributed by atoms with van der Waals surface area (Å²) in [6.07, 6.45) is 2.51. The zero-order valence-corrected chi connectivity index (χ0v) is 17.7. The van der Waals surface area contributed by atoms with Crippen molar-refractivity contribution in [3.8, 4) is 5.75 Å². The first-order chi connectivity index (χ1) is 13.8. The summed E-state index contributed by atoms with van der Waals surface area (Å²) in [5.74, 6) is 0.719. The molecule has 0 saturated carbocycles. The second kappa shape index (κ2) is 7.19. The summed E-state index contributed by atoms with van der Waals surface area (Å²) in [5.41, 5.74) is 3.65. The molecule has 0 aliphatic carbocycles. The first kappa shape index (κ1) is 19.5. The topological polar surface area (TPSA) is 59.2 Å². The van der Waals surface area contributed by atoms with Crippen LogP contribution >= 0.6 is 11.6 Å². The molecule has 1 aromatic carbocycles. The molecule has 0 unspecified atom stereocenters. The number of benzene rings is 1. The normalized spacial score (nSPS) is 15.8. The molecule has 0 bridgehead atoms. The third-order valence-corrected chi connectivity index (χ3v) is 5.51. The van der Waals surface area contributed by atoms with Crippen LogP contribution in [0.25, 0.3) is 5.52 Å². The molecular weight excluding hydrogens is 388 g/mol. The van der Waals surface area contributed by atoms with E-state index in [4.69, 9.17) is 21.4 Å². The number of carbonyl (C=O) groups is 1. The summed E-state index contributed by atoms with van der Waals surface area (Å²) in [4.78, 5) is 13.2. The summed E-state index contributed by atoms with van der Waals surface area (Å²) in [5, 5.41) is 11.6. The molecule has 1 amide bonds. The number of halogens is 1. The summed E-state index contributed by atoms with van der Waals surface area (Å²) >= 11 is 6.14. The minimum absolute atomic E-state index is 0.0364. The zero-order valence-electron chi connectivity index (χ0n) is 16.9. The van der Waals surface area contributed by atoms with Crippen LogP contribution in [-0.2, 0) is 17.8 Å². The Labute approximate surface area is 174 Å². The molecular formula is C22H23ClN4O2. The lowest BCUT2D eigenvalue weighted by atomic mass is 9.82. The lowest BCUT2D eigenvalue weighted by Crippen LogP contribution is -2.35. The Bertz CT molecular complexity index is 1130.